The van der Waals surface area contributed by atoms with Gasteiger partial charge in [-0.05, 0) is 78.6 Å². The lowest BCUT2D eigenvalue weighted by molar-refractivity contribution is -0.116. The van der Waals surface area contributed by atoms with Gasteiger partial charge in [0.2, 0.25) is 11.8 Å². The zero-order chi connectivity index (χ0) is 33.3. The van der Waals surface area contributed by atoms with Gasteiger partial charge in [0.05, 0.1) is 12.2 Å². The molecule has 242 valence electrons. The molecule has 1 heterocycles. The van der Waals surface area contributed by atoms with Gasteiger partial charge in [0.15, 0.2) is 0 Å². The molecule has 0 bridgehead atoms. The SMILES string of the molecule is CCOC(=O)c1c(NC(=O)C(Sc2cccc(NC(=O)/C=C/c3ccccc3)c2)c2ccccc2)sc2c1CCC(c1ccccc1)C2. The van der Waals surface area contributed by atoms with Crippen molar-refractivity contribution in [3.63, 3.8) is 0 Å². The maximum absolute atomic E-state index is 14.2. The number of carbonyl (C=O) groups is 3. The number of nitrogens with one attached hydrogen (secondary N) is 2. The standard InChI is InChI=1S/C40H36N2O4S2/c1-2-46-40(45)36-33-23-22-30(28-15-8-4-9-16-28)25-34(33)48-39(36)42-38(44)37(29-17-10-5-11-18-29)47-32-20-12-19-31(26-32)41-35(43)24-21-27-13-6-3-7-14-27/h3-21,24,26,30,37H,2,22-23,25H2,1H3,(H,41,43)(H,42,44)/b24-21+. The first-order valence-electron chi connectivity index (χ1n) is 16.0. The average Bonchev–Trinajstić information content (AvgIpc) is 3.48. The van der Waals surface area contributed by atoms with Crippen LogP contribution in [-0.2, 0) is 27.2 Å². The third-order valence-electron chi connectivity index (χ3n) is 8.18. The summed E-state index contributed by atoms with van der Waals surface area (Å²) in [6, 6.07) is 37.1. The van der Waals surface area contributed by atoms with Crippen molar-refractivity contribution in [2.45, 2.75) is 42.2 Å². The molecule has 2 atom stereocenters. The van der Waals surface area contributed by atoms with E-state index >= 15 is 0 Å². The number of thioether (sulfide) groups is 1. The summed E-state index contributed by atoms with van der Waals surface area (Å²) >= 11 is 2.86. The van der Waals surface area contributed by atoms with Gasteiger partial charge in [-0.15, -0.1) is 23.1 Å². The number of hydrogen-bond donors (Lipinski definition) is 2. The van der Waals surface area contributed by atoms with E-state index in [9.17, 15) is 14.4 Å². The van der Waals surface area contributed by atoms with Crippen molar-refractivity contribution >= 4 is 57.6 Å². The van der Waals surface area contributed by atoms with E-state index in [1.807, 2.05) is 91.0 Å². The third kappa shape index (κ3) is 8.13. The first-order valence-corrected chi connectivity index (χ1v) is 17.7. The molecule has 6 rings (SSSR count). The Morgan fingerprint density at radius 2 is 1.60 bits per heavy atom. The molecule has 2 amide bonds. The van der Waals surface area contributed by atoms with Gasteiger partial charge in [-0.1, -0.05) is 97.1 Å². The van der Waals surface area contributed by atoms with Crippen molar-refractivity contribution in [3.05, 3.63) is 154 Å². The maximum Gasteiger partial charge on any atom is 0.341 e. The van der Waals surface area contributed by atoms with Crippen LogP contribution in [0.1, 0.15) is 62.0 Å². The number of carbonyl (C=O) groups excluding carboxylic acids is 3. The first kappa shape index (κ1) is 33.0. The minimum absolute atomic E-state index is 0.241. The Labute approximate surface area is 289 Å². The number of ether oxygens (including phenoxy) is 1. The van der Waals surface area contributed by atoms with Crippen molar-refractivity contribution < 1.29 is 19.1 Å². The summed E-state index contributed by atoms with van der Waals surface area (Å²) in [6.07, 6.45) is 5.73. The highest BCUT2D eigenvalue weighted by molar-refractivity contribution is 8.00. The Hall–Kier alpha value is -4.92. The highest BCUT2D eigenvalue weighted by Crippen LogP contribution is 2.44. The van der Waals surface area contributed by atoms with E-state index in [0.29, 0.717) is 22.2 Å². The summed E-state index contributed by atoms with van der Waals surface area (Å²) in [6.45, 7) is 2.04. The zero-order valence-electron chi connectivity index (χ0n) is 26.6. The molecule has 4 aromatic carbocycles. The molecule has 2 N–H and O–H groups in total. The Kier molecular flexibility index (Phi) is 10.8. The van der Waals surface area contributed by atoms with E-state index in [1.54, 1.807) is 13.0 Å². The molecule has 0 saturated heterocycles. The van der Waals surface area contributed by atoms with E-state index in [4.69, 9.17) is 4.74 Å². The molecule has 0 aliphatic heterocycles. The second kappa shape index (κ2) is 15.8. The number of rotatable bonds is 11. The van der Waals surface area contributed by atoms with Crippen LogP contribution in [0, 0.1) is 0 Å². The molecule has 2 unspecified atom stereocenters. The molecule has 48 heavy (non-hydrogen) atoms. The van der Waals surface area contributed by atoms with Crippen LogP contribution < -0.4 is 10.6 Å². The summed E-state index contributed by atoms with van der Waals surface area (Å²) in [7, 11) is 0. The lowest BCUT2D eigenvalue weighted by Crippen LogP contribution is -2.20. The van der Waals surface area contributed by atoms with E-state index < -0.39 is 11.2 Å². The van der Waals surface area contributed by atoms with E-state index in [-0.39, 0.29) is 18.4 Å². The quantitative estimate of drug-likeness (QED) is 0.0830. The van der Waals surface area contributed by atoms with Gasteiger partial charge < -0.3 is 15.4 Å². The normalized spacial score (nSPS) is 14.6. The highest BCUT2D eigenvalue weighted by atomic mass is 32.2. The van der Waals surface area contributed by atoms with Crippen LogP contribution in [-0.4, -0.2) is 24.4 Å². The molecule has 8 heteroatoms. The second-order valence-corrected chi connectivity index (χ2v) is 13.7. The predicted molar refractivity (Wildman–Crippen MR) is 196 cm³/mol. The van der Waals surface area contributed by atoms with E-state index in [2.05, 4.69) is 34.9 Å². The lowest BCUT2D eigenvalue weighted by Gasteiger charge is -2.23. The van der Waals surface area contributed by atoms with Crippen LogP contribution >= 0.6 is 23.1 Å². The fraction of sp³-hybridized carbons (Fsp3) is 0.175. The second-order valence-electron chi connectivity index (χ2n) is 11.4. The largest absolute Gasteiger partial charge is 0.462 e. The van der Waals surface area contributed by atoms with Crippen LogP contribution in [0.5, 0.6) is 0 Å². The topological polar surface area (TPSA) is 84.5 Å². The van der Waals surface area contributed by atoms with Crippen molar-refractivity contribution in [1.29, 1.82) is 0 Å². The summed E-state index contributed by atoms with van der Waals surface area (Å²) in [5.41, 5.74) is 5.12. The van der Waals surface area contributed by atoms with Crippen molar-refractivity contribution in [3.8, 4) is 0 Å². The zero-order valence-corrected chi connectivity index (χ0v) is 28.2. The number of anilines is 2. The van der Waals surface area contributed by atoms with Crippen LogP contribution in [0.4, 0.5) is 10.7 Å². The minimum Gasteiger partial charge on any atom is -0.462 e. The number of thiophene rings is 1. The first-order chi connectivity index (χ1) is 23.5. The fourth-order valence-corrected chi connectivity index (χ4v) is 8.29. The van der Waals surface area contributed by atoms with Crippen LogP contribution in [0.25, 0.3) is 6.08 Å². The lowest BCUT2D eigenvalue weighted by atomic mass is 9.83. The summed E-state index contributed by atoms with van der Waals surface area (Å²) < 4.78 is 5.49. The molecule has 5 aromatic rings. The summed E-state index contributed by atoms with van der Waals surface area (Å²) in [5.74, 6) is -0.543. The van der Waals surface area contributed by atoms with Crippen LogP contribution in [0.15, 0.2) is 126 Å². The van der Waals surface area contributed by atoms with E-state index in [0.717, 1.165) is 45.7 Å². The van der Waals surface area contributed by atoms with E-state index in [1.165, 1.54) is 34.7 Å². The molecular formula is C40H36N2O4S2. The van der Waals surface area contributed by atoms with Gasteiger partial charge in [-0.25, -0.2) is 4.79 Å². The van der Waals surface area contributed by atoms with Gasteiger partial charge in [-0.2, -0.15) is 0 Å². The highest BCUT2D eigenvalue weighted by Gasteiger charge is 2.32. The molecule has 6 nitrogen and oxygen atoms in total. The summed E-state index contributed by atoms with van der Waals surface area (Å²) in [4.78, 5) is 42.1. The predicted octanol–water partition coefficient (Wildman–Crippen LogP) is 9.32. The Morgan fingerprint density at radius 1 is 0.896 bits per heavy atom. The Balaban J connectivity index is 1.23. The molecule has 1 aliphatic carbocycles. The van der Waals surface area contributed by atoms with Crippen molar-refractivity contribution in [2.75, 3.05) is 17.2 Å². The molecule has 0 radical (unpaired) electrons. The van der Waals surface area contributed by atoms with Gasteiger partial charge in [-0.3, -0.25) is 9.59 Å². The Bertz CT molecular complexity index is 1910. The molecule has 1 aromatic heterocycles. The number of amides is 2. The van der Waals surface area contributed by atoms with Gasteiger partial charge in [0, 0.05) is 21.5 Å². The van der Waals surface area contributed by atoms with Gasteiger partial charge >= 0.3 is 5.97 Å². The van der Waals surface area contributed by atoms with Gasteiger partial charge in [0.1, 0.15) is 10.3 Å². The molecule has 1 aliphatic rings. The average molecular weight is 673 g/mol. The van der Waals surface area contributed by atoms with Crippen molar-refractivity contribution in [2.24, 2.45) is 0 Å². The monoisotopic (exact) mass is 672 g/mol. The molecular weight excluding hydrogens is 637 g/mol. The fourth-order valence-electron chi connectivity index (χ4n) is 5.88. The number of fused-ring (bicyclic) bond motifs is 1. The Morgan fingerprint density at radius 3 is 2.33 bits per heavy atom. The number of benzene rings is 4. The molecule has 0 spiro atoms. The molecule has 0 fully saturated rings. The molecule has 0 saturated carbocycles. The van der Waals surface area contributed by atoms with Gasteiger partial charge in [0.25, 0.3) is 0 Å². The maximum atomic E-state index is 14.2. The minimum atomic E-state index is -0.624. The van der Waals surface area contributed by atoms with Crippen LogP contribution in [0.2, 0.25) is 0 Å². The van der Waals surface area contributed by atoms with Crippen LogP contribution in [0.3, 0.4) is 0 Å². The smallest absolute Gasteiger partial charge is 0.341 e. The summed E-state index contributed by atoms with van der Waals surface area (Å²) in [5, 5.41) is 5.97. The van der Waals surface area contributed by atoms with Crippen molar-refractivity contribution in [1.82, 2.24) is 0 Å². The number of esters is 1. The number of hydrogen-bond acceptors (Lipinski definition) is 6. The third-order valence-corrected chi connectivity index (χ3v) is 10.6.